The number of aromatic nitrogens is 1. The van der Waals surface area contributed by atoms with Crippen LogP contribution in [0.2, 0.25) is 0 Å². The molecule has 1 heterocycles. The van der Waals surface area contributed by atoms with Crippen LogP contribution in [0.15, 0.2) is 16.7 Å². The van der Waals surface area contributed by atoms with E-state index in [4.69, 9.17) is 0 Å². The minimum atomic E-state index is -5.66. The van der Waals surface area contributed by atoms with Gasteiger partial charge in [0, 0.05) is 5.69 Å². The average molecular weight is 320 g/mol. The van der Waals surface area contributed by atoms with Crippen LogP contribution < -0.4 is 4.18 Å². The molecule has 4 nitrogen and oxygen atoms in total. The zero-order chi connectivity index (χ0) is 12.6. The Labute approximate surface area is 97.7 Å². The van der Waals surface area contributed by atoms with Gasteiger partial charge in [0.25, 0.3) is 0 Å². The zero-order valence-electron chi connectivity index (χ0n) is 7.75. The number of nitrogens with zero attached hydrogens (tertiary/aromatic N) is 1. The van der Waals surface area contributed by atoms with Crippen LogP contribution in [0.3, 0.4) is 0 Å². The maximum atomic E-state index is 12.0. The summed E-state index contributed by atoms with van der Waals surface area (Å²) in [5.74, 6) is -0.511. The summed E-state index contributed by atoms with van der Waals surface area (Å²) in [6, 6.07) is 2.40. The number of hydrogen-bond acceptors (Lipinski definition) is 4. The second-order valence-corrected chi connectivity index (χ2v) is 5.01. The van der Waals surface area contributed by atoms with Crippen LogP contribution >= 0.6 is 15.9 Å². The molecular weight excluding hydrogens is 315 g/mol. The van der Waals surface area contributed by atoms with Crippen LogP contribution in [0.25, 0.3) is 0 Å². The van der Waals surface area contributed by atoms with Gasteiger partial charge in [-0.2, -0.15) is 21.6 Å². The minimum Gasteiger partial charge on any atom is -0.373 e. The normalized spacial score (nSPS) is 12.6. The second-order valence-electron chi connectivity index (χ2n) is 2.72. The van der Waals surface area contributed by atoms with Crippen molar-refractivity contribution in [3.63, 3.8) is 0 Å². The fraction of sp³-hybridized carbons (Fsp3) is 0.286. The summed E-state index contributed by atoms with van der Waals surface area (Å²) < 4.78 is 61.0. The Balaban J connectivity index is 3.07. The minimum absolute atomic E-state index is 0.111. The second kappa shape index (κ2) is 4.21. The molecule has 0 unspecified atom stereocenters. The van der Waals surface area contributed by atoms with E-state index in [1.165, 1.54) is 6.07 Å². The Morgan fingerprint density at radius 3 is 2.38 bits per heavy atom. The third-order valence-electron chi connectivity index (χ3n) is 1.44. The molecule has 0 aliphatic heterocycles. The van der Waals surface area contributed by atoms with Crippen molar-refractivity contribution in [2.24, 2.45) is 0 Å². The first-order valence-electron chi connectivity index (χ1n) is 3.77. The summed E-state index contributed by atoms with van der Waals surface area (Å²) >= 11 is 2.80. The molecule has 90 valence electrons. The van der Waals surface area contributed by atoms with Crippen molar-refractivity contribution in [1.29, 1.82) is 0 Å². The molecule has 1 rings (SSSR count). The Kier molecular flexibility index (Phi) is 3.48. The molecule has 0 bridgehead atoms. The molecule has 0 fully saturated rings. The predicted molar refractivity (Wildman–Crippen MR) is 52.3 cm³/mol. The van der Waals surface area contributed by atoms with E-state index in [9.17, 15) is 21.6 Å². The van der Waals surface area contributed by atoms with Crippen molar-refractivity contribution in [3.05, 3.63) is 22.4 Å². The number of rotatable bonds is 2. The molecule has 0 saturated carbocycles. The van der Waals surface area contributed by atoms with Crippen LogP contribution in [-0.4, -0.2) is 18.9 Å². The molecule has 0 aliphatic rings. The van der Waals surface area contributed by atoms with E-state index in [1.54, 1.807) is 6.92 Å². The first kappa shape index (κ1) is 13.2. The molecule has 0 aliphatic carbocycles. The summed E-state index contributed by atoms with van der Waals surface area (Å²) in [6.45, 7) is 1.59. The van der Waals surface area contributed by atoms with Crippen molar-refractivity contribution in [1.82, 2.24) is 4.98 Å². The summed E-state index contributed by atoms with van der Waals surface area (Å²) in [6.07, 6.45) is 0. The molecule has 16 heavy (non-hydrogen) atoms. The lowest BCUT2D eigenvalue weighted by Gasteiger charge is -2.10. The first-order chi connectivity index (χ1) is 7.13. The molecule has 1 aromatic heterocycles. The van der Waals surface area contributed by atoms with Gasteiger partial charge in [-0.15, -0.1) is 0 Å². The van der Waals surface area contributed by atoms with Crippen molar-refractivity contribution >= 4 is 26.0 Å². The molecule has 0 radical (unpaired) electrons. The smallest absolute Gasteiger partial charge is 0.373 e. The van der Waals surface area contributed by atoms with E-state index in [-0.39, 0.29) is 4.60 Å². The van der Waals surface area contributed by atoms with E-state index in [0.717, 1.165) is 6.07 Å². The SMILES string of the molecule is Cc1ccc(OS(=O)(=O)C(F)(F)F)c(Br)n1. The first-order valence-corrected chi connectivity index (χ1v) is 5.97. The maximum Gasteiger partial charge on any atom is 0.534 e. The van der Waals surface area contributed by atoms with Crippen LogP contribution in [0.4, 0.5) is 13.2 Å². The predicted octanol–water partition coefficient (Wildman–Crippen LogP) is 2.38. The molecule has 0 spiro atoms. The summed E-state index contributed by atoms with van der Waals surface area (Å²) in [5.41, 5.74) is -4.96. The molecule has 0 N–H and O–H groups in total. The van der Waals surface area contributed by atoms with Gasteiger partial charge >= 0.3 is 15.6 Å². The highest BCUT2D eigenvalue weighted by Gasteiger charge is 2.48. The van der Waals surface area contributed by atoms with Crippen LogP contribution in [0.1, 0.15) is 5.69 Å². The molecule has 0 aromatic carbocycles. The van der Waals surface area contributed by atoms with Crippen molar-refractivity contribution in [2.45, 2.75) is 12.4 Å². The fourth-order valence-electron chi connectivity index (χ4n) is 0.740. The molecule has 9 heteroatoms. The largest absolute Gasteiger partial charge is 0.534 e. The van der Waals surface area contributed by atoms with Gasteiger partial charge in [-0.25, -0.2) is 4.98 Å². The number of pyridine rings is 1. The highest BCUT2D eigenvalue weighted by Crippen LogP contribution is 2.30. The maximum absolute atomic E-state index is 12.0. The lowest BCUT2D eigenvalue weighted by Crippen LogP contribution is -2.28. The number of aryl methyl sites for hydroxylation is 1. The molecular formula is C7H5BrF3NO3S. The number of halogens is 4. The molecule has 1 aromatic rings. The van der Waals surface area contributed by atoms with Crippen LogP contribution in [0.5, 0.6) is 5.75 Å². The van der Waals surface area contributed by atoms with E-state index in [1.807, 2.05) is 0 Å². The van der Waals surface area contributed by atoms with Gasteiger partial charge < -0.3 is 4.18 Å². The van der Waals surface area contributed by atoms with Gasteiger partial charge in [0.1, 0.15) is 4.60 Å². The Morgan fingerprint density at radius 1 is 1.38 bits per heavy atom. The molecule has 0 saturated heterocycles. The van der Waals surface area contributed by atoms with Crippen molar-refractivity contribution in [2.75, 3.05) is 0 Å². The quantitative estimate of drug-likeness (QED) is 0.477. The third kappa shape index (κ3) is 2.85. The van der Waals surface area contributed by atoms with Crippen molar-refractivity contribution < 1.29 is 25.8 Å². The number of alkyl halides is 3. The van der Waals surface area contributed by atoms with Crippen molar-refractivity contribution in [3.8, 4) is 5.75 Å². The van der Waals surface area contributed by atoms with E-state index in [0.29, 0.717) is 5.69 Å². The molecule has 0 amide bonds. The van der Waals surface area contributed by atoms with Crippen LogP contribution in [-0.2, 0) is 10.1 Å². The van der Waals surface area contributed by atoms with Gasteiger partial charge in [0.2, 0.25) is 0 Å². The topological polar surface area (TPSA) is 56.3 Å². The third-order valence-corrected chi connectivity index (χ3v) is 2.97. The monoisotopic (exact) mass is 319 g/mol. The fourth-order valence-corrected chi connectivity index (χ4v) is 1.81. The Morgan fingerprint density at radius 2 is 1.94 bits per heavy atom. The zero-order valence-corrected chi connectivity index (χ0v) is 10.1. The average Bonchev–Trinajstić information content (AvgIpc) is 2.08. The molecule has 0 atom stereocenters. The van der Waals surface area contributed by atoms with Gasteiger partial charge in [-0.1, -0.05) is 0 Å². The lowest BCUT2D eigenvalue weighted by molar-refractivity contribution is -0.0500. The van der Waals surface area contributed by atoms with Gasteiger partial charge in [0.05, 0.1) is 0 Å². The van der Waals surface area contributed by atoms with Gasteiger partial charge in [0.15, 0.2) is 5.75 Å². The lowest BCUT2D eigenvalue weighted by atomic mass is 10.4. The number of hydrogen-bond donors (Lipinski definition) is 0. The highest BCUT2D eigenvalue weighted by molar-refractivity contribution is 9.10. The van der Waals surface area contributed by atoms with E-state index in [2.05, 4.69) is 25.1 Å². The summed E-state index contributed by atoms with van der Waals surface area (Å²) in [5, 5.41) is 0. The van der Waals surface area contributed by atoms with E-state index >= 15 is 0 Å². The Bertz CT molecular complexity index is 500. The van der Waals surface area contributed by atoms with Gasteiger partial charge in [-0.05, 0) is 35.0 Å². The highest BCUT2D eigenvalue weighted by atomic mass is 79.9. The van der Waals surface area contributed by atoms with Gasteiger partial charge in [-0.3, -0.25) is 0 Å². The summed E-state index contributed by atoms with van der Waals surface area (Å²) in [4.78, 5) is 3.70. The van der Waals surface area contributed by atoms with E-state index < -0.39 is 21.4 Å². The summed E-state index contributed by atoms with van der Waals surface area (Å²) in [7, 11) is -5.66. The Hall–Kier alpha value is -0.830. The standard InChI is InChI=1S/C7H5BrF3NO3S/c1-4-2-3-5(6(8)12-4)15-16(13,14)7(9,10)11/h2-3H,1H3. The van der Waals surface area contributed by atoms with Crippen LogP contribution in [0, 0.1) is 6.92 Å².